The smallest absolute Gasteiger partial charge is 0.426 e. The normalized spacial score (nSPS) is 18.3. The average molecular weight is 741 g/mol. The van der Waals surface area contributed by atoms with Crippen molar-refractivity contribution < 1.29 is 41.7 Å². The van der Waals surface area contributed by atoms with Crippen LogP contribution in [0.4, 0.5) is 20.2 Å². The van der Waals surface area contributed by atoms with Gasteiger partial charge in [-0.2, -0.15) is 8.78 Å². The van der Waals surface area contributed by atoms with E-state index in [9.17, 15) is 18.4 Å². The second kappa shape index (κ2) is 16.9. The Morgan fingerprint density at radius 3 is 2.10 bits per heavy atom. The molecule has 0 spiro atoms. The maximum atomic E-state index is 15.0. The minimum absolute atomic E-state index is 0.0285. The quantitative estimate of drug-likeness (QED) is 0.0488. The number of anilines is 2. The van der Waals surface area contributed by atoms with Gasteiger partial charge in [-0.1, -0.05) is 30.8 Å². The summed E-state index contributed by atoms with van der Waals surface area (Å²) in [5.41, 5.74) is 12.7. The number of carbonyl (C=O) groups excluding carboxylic acids is 2. The molecule has 1 unspecified atom stereocenters. The molecule has 1 aliphatic rings. The lowest BCUT2D eigenvalue weighted by Gasteiger charge is -2.51. The largest absolute Gasteiger partial charge is 0.494 e. The number of halogens is 2. The Balaban J connectivity index is 1.14. The Morgan fingerprint density at radius 1 is 0.863 bits per heavy atom. The molecule has 13 heteroatoms. The molecule has 1 atom stereocenters. The van der Waals surface area contributed by atoms with Crippen LogP contribution in [0.25, 0.3) is 6.08 Å². The van der Waals surface area contributed by atoms with Gasteiger partial charge in [-0.3, -0.25) is 0 Å². The topological polar surface area (TPSA) is 132 Å². The molecule has 51 heavy (non-hydrogen) atoms. The molecule has 1 fully saturated rings. The van der Waals surface area contributed by atoms with E-state index >= 15 is 0 Å². The molecule has 276 valence electrons. The summed E-state index contributed by atoms with van der Waals surface area (Å²) in [5, 5.41) is 0. The van der Waals surface area contributed by atoms with Crippen molar-refractivity contribution in [3.8, 4) is 11.5 Å². The summed E-state index contributed by atoms with van der Waals surface area (Å²) < 4.78 is 57.8. The average Bonchev–Trinajstić information content (AvgIpc) is 3.05. The van der Waals surface area contributed by atoms with Crippen LogP contribution in [0.2, 0.25) is 31.7 Å². The van der Waals surface area contributed by atoms with Crippen LogP contribution in [-0.2, 0) is 24.8 Å². The van der Waals surface area contributed by atoms with Crippen molar-refractivity contribution in [2.45, 2.75) is 83.0 Å². The third-order valence-electron chi connectivity index (χ3n) is 9.36. The molecule has 0 amide bonds. The van der Waals surface area contributed by atoms with Gasteiger partial charge in [0, 0.05) is 17.5 Å². The number of rotatable bonds is 16. The Morgan fingerprint density at radius 2 is 1.47 bits per heavy atom. The standard InChI is InChI=1S/C38H50F2N2O7Si2/c1-37(2)19-24-51(5,50(3,4)49-37)23-8-22-45-33-16-12-30(13-17-33)38(39,40)48-34-14-9-28(10-15-34)11-18-35(43)46-20-6-7-21-47-36(44)29-25-31(41)27-32(42)26-29/h9-18,25-27H,6-8,19-24,41-42H2,1-5H3. The number of unbranched alkanes of at least 4 members (excludes halogenated alkanes) is 1. The third-order valence-corrected chi connectivity index (χ3v) is 26.7. The Hall–Kier alpha value is -4.21. The van der Waals surface area contributed by atoms with Crippen LogP contribution in [0.1, 0.15) is 61.0 Å². The van der Waals surface area contributed by atoms with Gasteiger partial charge in [-0.15, -0.1) is 0 Å². The van der Waals surface area contributed by atoms with Gasteiger partial charge < -0.3 is 34.8 Å². The monoisotopic (exact) mass is 740 g/mol. The Bertz CT molecular complexity index is 1650. The van der Waals surface area contributed by atoms with E-state index < -0.39 is 33.5 Å². The van der Waals surface area contributed by atoms with Gasteiger partial charge in [0.2, 0.25) is 0 Å². The number of ether oxygens (including phenoxy) is 4. The summed E-state index contributed by atoms with van der Waals surface area (Å²) in [6.45, 7) is 12.4. The fraction of sp³-hybridized carbons (Fsp3) is 0.421. The van der Waals surface area contributed by atoms with E-state index in [-0.39, 0.29) is 35.7 Å². The van der Waals surface area contributed by atoms with Crippen LogP contribution in [-0.4, -0.2) is 52.8 Å². The second-order valence-electron chi connectivity index (χ2n) is 14.3. The van der Waals surface area contributed by atoms with Crippen LogP contribution in [0, 0.1) is 0 Å². The molecule has 1 saturated heterocycles. The first-order valence-corrected chi connectivity index (χ1v) is 24.1. The SMILES string of the molecule is CC1(C)CC[Si](C)(CCCOc2ccc(C(F)(F)Oc3ccc(C=CC(=O)OCCCCOC(=O)c4cc(N)cc(N)c4)cc3)cc2)[Si](C)(C)O1. The van der Waals surface area contributed by atoms with Crippen LogP contribution < -0.4 is 20.9 Å². The molecular weight excluding hydrogens is 691 g/mol. The number of nitrogen functional groups attached to an aromatic ring is 2. The molecule has 4 N–H and O–H groups in total. The van der Waals surface area contributed by atoms with Crippen molar-refractivity contribution >= 4 is 44.8 Å². The van der Waals surface area contributed by atoms with Crippen LogP contribution in [0.15, 0.2) is 72.8 Å². The molecule has 1 heterocycles. The maximum absolute atomic E-state index is 15.0. The first-order valence-electron chi connectivity index (χ1n) is 17.3. The predicted molar refractivity (Wildman–Crippen MR) is 201 cm³/mol. The zero-order valence-corrected chi connectivity index (χ0v) is 32.1. The third kappa shape index (κ3) is 11.7. The highest BCUT2D eigenvalue weighted by Crippen LogP contribution is 2.41. The van der Waals surface area contributed by atoms with Gasteiger partial charge in [-0.25, -0.2) is 9.59 Å². The molecule has 0 saturated carbocycles. The lowest BCUT2D eigenvalue weighted by Crippen LogP contribution is -2.65. The molecule has 0 aromatic heterocycles. The fourth-order valence-electron chi connectivity index (χ4n) is 6.05. The Kier molecular flexibility index (Phi) is 13.1. The van der Waals surface area contributed by atoms with E-state index in [0.29, 0.717) is 42.1 Å². The number of alkyl halides is 2. The molecule has 0 aliphatic carbocycles. The van der Waals surface area contributed by atoms with Crippen LogP contribution in [0.3, 0.4) is 0 Å². The summed E-state index contributed by atoms with van der Waals surface area (Å²) in [6.07, 6.45) is 2.18. The summed E-state index contributed by atoms with van der Waals surface area (Å²) >= 11 is 0. The van der Waals surface area contributed by atoms with E-state index in [4.69, 9.17) is 34.8 Å². The van der Waals surface area contributed by atoms with Gasteiger partial charge in [0.1, 0.15) is 11.5 Å². The molecule has 3 aromatic carbocycles. The Labute approximate surface area is 301 Å². The summed E-state index contributed by atoms with van der Waals surface area (Å²) in [5.74, 6) is -0.591. The van der Waals surface area contributed by atoms with Crippen molar-refractivity contribution in [1.82, 2.24) is 0 Å². The zero-order chi connectivity index (χ0) is 37.3. The van der Waals surface area contributed by atoms with E-state index in [1.807, 2.05) is 0 Å². The van der Waals surface area contributed by atoms with E-state index in [2.05, 4.69) is 33.5 Å². The van der Waals surface area contributed by atoms with Crippen molar-refractivity contribution in [3.63, 3.8) is 0 Å². The molecule has 0 radical (unpaired) electrons. The van der Waals surface area contributed by atoms with Gasteiger partial charge in [-0.05, 0) is 119 Å². The lowest BCUT2D eigenvalue weighted by atomic mass is 10.1. The highest BCUT2D eigenvalue weighted by molar-refractivity contribution is 7.38. The van der Waals surface area contributed by atoms with Crippen molar-refractivity contribution in [1.29, 1.82) is 0 Å². The second-order valence-corrected chi connectivity index (χ2v) is 28.9. The minimum atomic E-state index is -3.56. The lowest BCUT2D eigenvalue weighted by molar-refractivity contribution is -0.185. The van der Waals surface area contributed by atoms with Gasteiger partial charge >= 0.3 is 18.0 Å². The highest BCUT2D eigenvalue weighted by atomic mass is 29.3. The van der Waals surface area contributed by atoms with Crippen LogP contribution in [0.5, 0.6) is 11.5 Å². The van der Waals surface area contributed by atoms with Crippen molar-refractivity contribution in [3.05, 3.63) is 89.5 Å². The number of hydrogen-bond donors (Lipinski definition) is 2. The molecular formula is C38H50F2N2O7Si2. The van der Waals surface area contributed by atoms with E-state index in [0.717, 1.165) is 18.9 Å². The number of carbonyl (C=O) groups is 2. The molecule has 1 aliphatic heterocycles. The van der Waals surface area contributed by atoms with Gasteiger partial charge in [0.25, 0.3) is 0 Å². The fourth-order valence-corrected chi connectivity index (χ4v) is 17.4. The van der Waals surface area contributed by atoms with Crippen molar-refractivity contribution in [2.75, 3.05) is 31.3 Å². The summed E-state index contributed by atoms with van der Waals surface area (Å²) in [6, 6.07) is 18.5. The van der Waals surface area contributed by atoms with Gasteiger partial charge in [0.05, 0.1) is 44.1 Å². The van der Waals surface area contributed by atoms with Crippen LogP contribution >= 0.6 is 0 Å². The first-order chi connectivity index (χ1) is 24.0. The molecule has 4 rings (SSSR count). The number of hydrogen-bond acceptors (Lipinski definition) is 9. The minimum Gasteiger partial charge on any atom is -0.494 e. The summed E-state index contributed by atoms with van der Waals surface area (Å²) in [7, 11) is -3.27. The van der Waals surface area contributed by atoms with E-state index in [1.54, 1.807) is 18.2 Å². The first kappa shape index (κ1) is 39.6. The number of esters is 2. The summed E-state index contributed by atoms with van der Waals surface area (Å²) in [4.78, 5) is 24.2. The van der Waals surface area contributed by atoms with E-state index in [1.165, 1.54) is 66.7 Å². The van der Waals surface area contributed by atoms with Crippen molar-refractivity contribution in [2.24, 2.45) is 0 Å². The highest BCUT2D eigenvalue weighted by Gasteiger charge is 2.52. The number of nitrogens with two attached hydrogens (primary N) is 2. The van der Waals surface area contributed by atoms with Gasteiger partial charge in [0.15, 0.2) is 7.83 Å². The predicted octanol–water partition coefficient (Wildman–Crippen LogP) is 8.50. The molecule has 3 aromatic rings. The number of benzene rings is 3. The molecule has 0 bridgehead atoms. The maximum Gasteiger partial charge on any atom is 0.426 e. The zero-order valence-electron chi connectivity index (χ0n) is 30.1. The molecule has 9 nitrogen and oxygen atoms in total.